The van der Waals surface area contributed by atoms with Gasteiger partial charge in [0, 0.05) is 23.4 Å². The predicted molar refractivity (Wildman–Crippen MR) is 82.7 cm³/mol. The summed E-state index contributed by atoms with van der Waals surface area (Å²) in [7, 11) is 0. The van der Waals surface area contributed by atoms with Crippen molar-refractivity contribution in [2.24, 2.45) is 5.92 Å². The molecule has 108 valence electrons. The molecule has 0 radical (unpaired) electrons. The van der Waals surface area contributed by atoms with Gasteiger partial charge in [-0.15, -0.1) is 0 Å². The molecule has 1 spiro atoms. The van der Waals surface area contributed by atoms with E-state index >= 15 is 0 Å². The van der Waals surface area contributed by atoms with Gasteiger partial charge in [-0.1, -0.05) is 47.0 Å². The van der Waals surface area contributed by atoms with Crippen LogP contribution in [-0.2, 0) is 16.0 Å². The lowest BCUT2D eigenvalue weighted by Crippen LogP contribution is -2.40. The van der Waals surface area contributed by atoms with Crippen molar-refractivity contribution in [2.75, 3.05) is 6.61 Å². The molecule has 1 aliphatic carbocycles. The summed E-state index contributed by atoms with van der Waals surface area (Å²) >= 11 is 3.53. The number of carbonyl (C=O) groups excluding carboxylic acids is 1. The van der Waals surface area contributed by atoms with Gasteiger partial charge < -0.3 is 4.74 Å². The molecule has 1 heterocycles. The third-order valence-corrected chi connectivity index (χ3v) is 5.56. The zero-order valence-corrected chi connectivity index (χ0v) is 13.3. The lowest BCUT2D eigenvalue weighted by molar-refractivity contribution is -0.135. The van der Waals surface area contributed by atoms with E-state index in [2.05, 4.69) is 15.9 Å². The first kappa shape index (κ1) is 14.3. The third-order valence-electron chi connectivity index (χ3n) is 4.79. The Morgan fingerprint density at radius 3 is 2.80 bits per heavy atom. The summed E-state index contributed by atoms with van der Waals surface area (Å²) in [6, 6.07) is 8.02. The fraction of sp³-hybridized carbons (Fsp3) is 0.588. The van der Waals surface area contributed by atoms with Gasteiger partial charge in [-0.25, -0.2) is 0 Å². The summed E-state index contributed by atoms with van der Waals surface area (Å²) in [5, 5.41) is 0. The Morgan fingerprint density at radius 2 is 2.05 bits per heavy atom. The minimum Gasteiger partial charge on any atom is -0.375 e. The number of ether oxygens (including phenoxy) is 1. The van der Waals surface area contributed by atoms with E-state index in [1.807, 2.05) is 24.3 Å². The van der Waals surface area contributed by atoms with Gasteiger partial charge in [-0.3, -0.25) is 4.79 Å². The van der Waals surface area contributed by atoms with E-state index in [-0.39, 0.29) is 11.5 Å². The first-order valence-corrected chi connectivity index (χ1v) is 8.38. The van der Waals surface area contributed by atoms with Crippen molar-refractivity contribution in [1.82, 2.24) is 0 Å². The Labute approximate surface area is 129 Å². The Kier molecular flexibility index (Phi) is 4.27. The fourth-order valence-electron chi connectivity index (χ4n) is 3.64. The van der Waals surface area contributed by atoms with E-state index in [9.17, 15) is 4.79 Å². The Balaban J connectivity index is 1.66. The zero-order valence-electron chi connectivity index (χ0n) is 11.7. The van der Waals surface area contributed by atoms with Crippen LogP contribution in [0.1, 0.15) is 44.1 Å². The van der Waals surface area contributed by atoms with Crippen LogP contribution in [0.25, 0.3) is 0 Å². The van der Waals surface area contributed by atoms with Crippen molar-refractivity contribution in [3.8, 4) is 0 Å². The van der Waals surface area contributed by atoms with Crippen LogP contribution in [0.3, 0.4) is 0 Å². The molecule has 2 aliphatic rings. The quantitative estimate of drug-likeness (QED) is 0.822. The lowest BCUT2D eigenvalue weighted by Gasteiger charge is -2.37. The highest BCUT2D eigenvalue weighted by Gasteiger charge is 2.41. The maximum atomic E-state index is 12.6. The van der Waals surface area contributed by atoms with Crippen molar-refractivity contribution < 1.29 is 9.53 Å². The van der Waals surface area contributed by atoms with E-state index in [1.165, 1.54) is 12.8 Å². The zero-order chi connectivity index (χ0) is 14.0. The summed E-state index contributed by atoms with van der Waals surface area (Å²) in [6.07, 6.45) is 7.18. The third kappa shape index (κ3) is 2.99. The van der Waals surface area contributed by atoms with Crippen LogP contribution >= 0.6 is 15.9 Å². The molecule has 0 amide bonds. The molecule has 0 bridgehead atoms. The summed E-state index contributed by atoms with van der Waals surface area (Å²) in [5.74, 6) is 0.570. The van der Waals surface area contributed by atoms with Crippen molar-refractivity contribution in [3.63, 3.8) is 0 Å². The normalized spacial score (nSPS) is 24.9. The van der Waals surface area contributed by atoms with Gasteiger partial charge in [-0.05, 0) is 37.3 Å². The number of carbonyl (C=O) groups is 1. The van der Waals surface area contributed by atoms with Crippen LogP contribution in [0.2, 0.25) is 0 Å². The highest BCUT2D eigenvalue weighted by Crippen LogP contribution is 2.42. The maximum Gasteiger partial charge on any atom is 0.140 e. The number of ketones is 1. The molecule has 1 aromatic rings. The first-order chi connectivity index (χ1) is 9.69. The van der Waals surface area contributed by atoms with Crippen LogP contribution in [0.5, 0.6) is 0 Å². The van der Waals surface area contributed by atoms with E-state index < -0.39 is 0 Å². The average molecular weight is 337 g/mol. The van der Waals surface area contributed by atoms with Crippen LogP contribution in [0.4, 0.5) is 0 Å². The van der Waals surface area contributed by atoms with E-state index in [0.29, 0.717) is 12.2 Å². The summed E-state index contributed by atoms with van der Waals surface area (Å²) in [6.45, 7) is 0.756. The molecule has 3 heteroatoms. The highest BCUT2D eigenvalue weighted by atomic mass is 79.9. The molecule has 3 rings (SSSR count). The number of hydrogen-bond donors (Lipinski definition) is 0. The Bertz CT molecular complexity index is 492. The predicted octanol–water partition coefficient (Wildman–Crippen LogP) is 4.30. The van der Waals surface area contributed by atoms with Crippen LogP contribution in [0.15, 0.2) is 28.7 Å². The fourth-order valence-corrected chi connectivity index (χ4v) is 4.07. The summed E-state index contributed by atoms with van der Waals surface area (Å²) in [5.41, 5.74) is 1.14. The maximum absolute atomic E-state index is 12.6. The van der Waals surface area contributed by atoms with Gasteiger partial charge in [-0.2, -0.15) is 0 Å². The monoisotopic (exact) mass is 336 g/mol. The molecule has 0 N–H and O–H groups in total. The smallest absolute Gasteiger partial charge is 0.140 e. The SMILES string of the molecule is O=C(Cc1ccccc1Br)C1CCOC2(CCCC2)C1. The molecule has 1 saturated carbocycles. The number of benzene rings is 1. The summed E-state index contributed by atoms with van der Waals surface area (Å²) in [4.78, 5) is 12.6. The van der Waals surface area contributed by atoms with Gasteiger partial charge >= 0.3 is 0 Å². The average Bonchev–Trinajstić information content (AvgIpc) is 2.89. The van der Waals surface area contributed by atoms with Crippen LogP contribution in [-0.4, -0.2) is 18.0 Å². The van der Waals surface area contributed by atoms with Gasteiger partial charge in [0.05, 0.1) is 5.60 Å². The topological polar surface area (TPSA) is 26.3 Å². The number of Topliss-reactive ketones (excluding diaryl/α,β-unsaturated/α-hetero) is 1. The van der Waals surface area contributed by atoms with Crippen molar-refractivity contribution in [1.29, 1.82) is 0 Å². The minimum atomic E-state index is 0.0342. The molecule has 20 heavy (non-hydrogen) atoms. The Hall–Kier alpha value is -0.670. The summed E-state index contributed by atoms with van der Waals surface area (Å²) < 4.78 is 7.06. The highest BCUT2D eigenvalue weighted by molar-refractivity contribution is 9.10. The second-order valence-corrected chi connectivity index (χ2v) is 7.02. The molecular weight excluding hydrogens is 316 g/mol. The molecule has 2 fully saturated rings. The number of halogens is 1. The van der Waals surface area contributed by atoms with Crippen molar-refractivity contribution in [3.05, 3.63) is 34.3 Å². The van der Waals surface area contributed by atoms with Gasteiger partial charge in [0.1, 0.15) is 5.78 Å². The second kappa shape index (κ2) is 5.98. The standard InChI is InChI=1S/C17H21BrO2/c18-15-6-2-1-5-13(15)11-16(19)14-7-10-20-17(12-14)8-3-4-9-17/h1-2,5-6,14H,3-4,7-12H2. The molecule has 1 atom stereocenters. The molecule has 1 unspecified atom stereocenters. The molecule has 1 aromatic carbocycles. The van der Waals surface area contributed by atoms with Gasteiger partial charge in [0.2, 0.25) is 0 Å². The molecular formula is C17H21BrO2. The minimum absolute atomic E-state index is 0.0342. The molecule has 1 aliphatic heterocycles. The van der Waals surface area contributed by atoms with Crippen LogP contribution < -0.4 is 0 Å². The van der Waals surface area contributed by atoms with Crippen molar-refractivity contribution >= 4 is 21.7 Å². The second-order valence-electron chi connectivity index (χ2n) is 6.16. The van der Waals surface area contributed by atoms with E-state index in [1.54, 1.807) is 0 Å². The largest absolute Gasteiger partial charge is 0.375 e. The van der Waals surface area contributed by atoms with Gasteiger partial charge in [0.25, 0.3) is 0 Å². The number of rotatable bonds is 3. The van der Waals surface area contributed by atoms with E-state index in [4.69, 9.17) is 4.74 Å². The lowest BCUT2D eigenvalue weighted by atomic mass is 9.81. The molecule has 0 aromatic heterocycles. The molecule has 1 saturated heterocycles. The Morgan fingerprint density at radius 1 is 1.30 bits per heavy atom. The molecule has 2 nitrogen and oxygen atoms in total. The van der Waals surface area contributed by atoms with Crippen LogP contribution in [0, 0.1) is 5.92 Å². The first-order valence-electron chi connectivity index (χ1n) is 7.59. The van der Waals surface area contributed by atoms with Gasteiger partial charge in [0.15, 0.2) is 0 Å². The van der Waals surface area contributed by atoms with E-state index in [0.717, 1.165) is 42.3 Å². The van der Waals surface area contributed by atoms with Crippen molar-refractivity contribution in [2.45, 2.75) is 50.5 Å². The number of hydrogen-bond acceptors (Lipinski definition) is 2.